The van der Waals surface area contributed by atoms with E-state index in [0.29, 0.717) is 24.2 Å². The zero-order valence-corrected chi connectivity index (χ0v) is 20.0. The first-order valence-corrected chi connectivity index (χ1v) is 12.4. The van der Waals surface area contributed by atoms with Crippen LogP contribution >= 0.6 is 0 Å². The quantitative estimate of drug-likeness (QED) is 0.545. The van der Waals surface area contributed by atoms with E-state index in [1.807, 2.05) is 9.47 Å². The number of likely N-dealkylation sites (N-methyl/N-ethyl adjacent to an activating group) is 1. The van der Waals surface area contributed by atoms with Gasteiger partial charge in [0.25, 0.3) is 5.91 Å². The number of hydrogen-bond acceptors (Lipinski definition) is 5. The standard InChI is InChI=1S/C27H31FN4O3/c1-2-30-11-13-31(14-12-30)25-16-24-21(15-23(25)28)26(34)22(17-32(24)19-5-6-19)27(35)29-10-9-18-3-7-20(33)8-4-18/h3-4,7-8,15-17,19,33H,2,5-6,9-14H2,1H3,(H,29,35). The maximum Gasteiger partial charge on any atom is 0.256 e. The van der Waals surface area contributed by atoms with Crippen LogP contribution in [0.2, 0.25) is 0 Å². The molecule has 2 aliphatic rings. The lowest BCUT2D eigenvalue weighted by molar-refractivity contribution is 0.0952. The summed E-state index contributed by atoms with van der Waals surface area (Å²) in [7, 11) is 0. The summed E-state index contributed by atoms with van der Waals surface area (Å²) in [6, 6.07) is 10.1. The van der Waals surface area contributed by atoms with Gasteiger partial charge in [-0.2, -0.15) is 0 Å². The van der Waals surface area contributed by atoms with Crippen molar-refractivity contribution in [2.75, 3.05) is 44.2 Å². The number of amides is 1. The molecule has 1 amide bonds. The van der Waals surface area contributed by atoms with Crippen molar-refractivity contribution in [3.05, 3.63) is 69.8 Å². The van der Waals surface area contributed by atoms with Gasteiger partial charge in [-0.25, -0.2) is 4.39 Å². The first-order chi connectivity index (χ1) is 16.9. The van der Waals surface area contributed by atoms with Crippen molar-refractivity contribution in [2.24, 2.45) is 0 Å². The summed E-state index contributed by atoms with van der Waals surface area (Å²) in [6.45, 7) is 6.70. The molecule has 1 saturated heterocycles. The summed E-state index contributed by atoms with van der Waals surface area (Å²) < 4.78 is 17.2. The summed E-state index contributed by atoms with van der Waals surface area (Å²) in [4.78, 5) is 30.6. The summed E-state index contributed by atoms with van der Waals surface area (Å²) in [6.07, 6.45) is 4.16. The zero-order valence-electron chi connectivity index (χ0n) is 20.0. The third-order valence-electron chi connectivity index (χ3n) is 7.08. The molecular formula is C27H31FN4O3. The van der Waals surface area contributed by atoms with Gasteiger partial charge in [0.05, 0.1) is 11.2 Å². The van der Waals surface area contributed by atoms with Crippen LogP contribution in [0.5, 0.6) is 5.75 Å². The maximum absolute atomic E-state index is 15.2. The van der Waals surface area contributed by atoms with Crippen molar-refractivity contribution in [3.63, 3.8) is 0 Å². The Balaban J connectivity index is 1.41. The Morgan fingerprint density at radius 2 is 1.83 bits per heavy atom. The molecule has 1 saturated carbocycles. The topological polar surface area (TPSA) is 77.8 Å². The molecular weight excluding hydrogens is 447 g/mol. The lowest BCUT2D eigenvalue weighted by atomic mass is 10.1. The highest BCUT2D eigenvalue weighted by atomic mass is 19.1. The van der Waals surface area contributed by atoms with Crippen molar-refractivity contribution >= 4 is 22.5 Å². The number of aromatic nitrogens is 1. The number of nitrogens with one attached hydrogen (secondary N) is 1. The van der Waals surface area contributed by atoms with Gasteiger partial charge >= 0.3 is 0 Å². The molecule has 0 radical (unpaired) electrons. The van der Waals surface area contributed by atoms with E-state index in [-0.39, 0.29) is 22.7 Å². The molecule has 0 unspecified atom stereocenters. The largest absolute Gasteiger partial charge is 0.508 e. The number of hydrogen-bond donors (Lipinski definition) is 2. The average Bonchev–Trinajstić information content (AvgIpc) is 3.71. The Hall–Kier alpha value is -3.39. The maximum atomic E-state index is 15.2. The van der Waals surface area contributed by atoms with Crippen LogP contribution in [0.1, 0.15) is 41.7 Å². The lowest BCUT2D eigenvalue weighted by Crippen LogP contribution is -2.46. The number of nitrogens with zero attached hydrogens (tertiary/aromatic N) is 3. The molecule has 8 heteroatoms. The molecule has 0 bridgehead atoms. The van der Waals surface area contributed by atoms with Crippen LogP contribution in [0.25, 0.3) is 10.9 Å². The highest BCUT2D eigenvalue weighted by Crippen LogP contribution is 2.38. The molecule has 2 N–H and O–H groups in total. The van der Waals surface area contributed by atoms with Crippen LogP contribution in [0.3, 0.4) is 0 Å². The van der Waals surface area contributed by atoms with Crippen LogP contribution in [0, 0.1) is 5.82 Å². The minimum Gasteiger partial charge on any atom is -0.508 e. The minimum atomic E-state index is -0.453. The third-order valence-corrected chi connectivity index (χ3v) is 7.08. The molecule has 2 fully saturated rings. The first-order valence-electron chi connectivity index (χ1n) is 12.4. The second-order valence-corrected chi connectivity index (χ2v) is 9.42. The molecule has 5 rings (SSSR count). The number of phenols is 1. The van der Waals surface area contributed by atoms with Crippen molar-refractivity contribution in [3.8, 4) is 5.75 Å². The molecule has 35 heavy (non-hydrogen) atoms. The predicted octanol–water partition coefficient (Wildman–Crippen LogP) is 3.30. The smallest absolute Gasteiger partial charge is 0.256 e. The number of carbonyl (C=O) groups excluding carboxylic acids is 1. The summed E-state index contributed by atoms with van der Waals surface area (Å²) in [5, 5.41) is 12.5. The number of halogens is 1. The number of aromatic hydroxyl groups is 1. The number of carbonyl (C=O) groups is 1. The van der Waals surface area contributed by atoms with Gasteiger partial charge in [0.2, 0.25) is 5.43 Å². The molecule has 0 spiro atoms. The minimum absolute atomic E-state index is 0.0406. The first kappa shape index (κ1) is 23.4. The molecule has 1 aliphatic carbocycles. The van der Waals surface area contributed by atoms with Crippen molar-refractivity contribution < 1.29 is 14.3 Å². The highest BCUT2D eigenvalue weighted by Gasteiger charge is 2.28. The number of phenolic OH excluding ortho intramolecular Hbond substituents is 1. The van der Waals surface area contributed by atoms with Gasteiger partial charge in [0, 0.05) is 50.3 Å². The van der Waals surface area contributed by atoms with Crippen LogP contribution < -0.4 is 15.6 Å². The van der Waals surface area contributed by atoms with E-state index in [1.54, 1.807) is 36.5 Å². The molecule has 3 aromatic rings. The van der Waals surface area contributed by atoms with E-state index < -0.39 is 17.2 Å². The van der Waals surface area contributed by atoms with Gasteiger partial charge in [-0.05, 0) is 55.6 Å². The average molecular weight is 479 g/mol. The number of piperazine rings is 1. The van der Waals surface area contributed by atoms with Gasteiger partial charge in [-0.3, -0.25) is 9.59 Å². The van der Waals surface area contributed by atoms with Gasteiger partial charge in [-0.15, -0.1) is 0 Å². The Bertz CT molecular complexity index is 1290. The lowest BCUT2D eigenvalue weighted by Gasteiger charge is -2.35. The third kappa shape index (κ3) is 4.89. The monoisotopic (exact) mass is 478 g/mol. The Morgan fingerprint density at radius 3 is 2.49 bits per heavy atom. The van der Waals surface area contributed by atoms with Crippen LogP contribution in [-0.4, -0.2) is 59.7 Å². The van der Waals surface area contributed by atoms with Crippen molar-refractivity contribution in [2.45, 2.75) is 32.2 Å². The van der Waals surface area contributed by atoms with E-state index in [2.05, 4.69) is 17.1 Å². The Kier molecular flexibility index (Phi) is 6.47. The summed E-state index contributed by atoms with van der Waals surface area (Å²) in [5.41, 5.74) is 1.77. The van der Waals surface area contributed by atoms with Gasteiger partial charge < -0.3 is 24.8 Å². The Morgan fingerprint density at radius 1 is 1.11 bits per heavy atom. The van der Waals surface area contributed by atoms with Crippen molar-refractivity contribution in [1.82, 2.24) is 14.8 Å². The molecule has 2 aromatic carbocycles. The SMILES string of the molecule is CCN1CCN(c2cc3c(cc2F)c(=O)c(C(=O)NCCc2ccc(O)cc2)cn3C2CC2)CC1. The number of benzene rings is 2. The zero-order chi connectivity index (χ0) is 24.5. The number of rotatable bonds is 7. The molecule has 0 atom stereocenters. The van der Waals surface area contributed by atoms with E-state index in [4.69, 9.17) is 0 Å². The summed E-state index contributed by atoms with van der Waals surface area (Å²) >= 11 is 0. The number of pyridine rings is 1. The fraction of sp³-hybridized carbons (Fsp3) is 0.407. The van der Waals surface area contributed by atoms with Gasteiger partial charge in [0.15, 0.2) is 0 Å². The van der Waals surface area contributed by atoms with Crippen LogP contribution in [0.15, 0.2) is 47.4 Å². The number of fused-ring (bicyclic) bond motifs is 1. The molecule has 1 aromatic heterocycles. The highest BCUT2D eigenvalue weighted by molar-refractivity contribution is 5.98. The second kappa shape index (κ2) is 9.70. The van der Waals surface area contributed by atoms with E-state index in [1.165, 1.54) is 6.07 Å². The van der Waals surface area contributed by atoms with Gasteiger partial charge in [0.1, 0.15) is 17.1 Å². The second-order valence-electron chi connectivity index (χ2n) is 9.42. The molecule has 2 heterocycles. The van der Waals surface area contributed by atoms with Crippen molar-refractivity contribution in [1.29, 1.82) is 0 Å². The van der Waals surface area contributed by atoms with E-state index in [0.717, 1.165) is 51.1 Å². The van der Waals surface area contributed by atoms with Crippen LogP contribution in [-0.2, 0) is 6.42 Å². The molecule has 1 aliphatic heterocycles. The number of anilines is 1. The Labute approximate surface area is 203 Å². The molecule has 7 nitrogen and oxygen atoms in total. The predicted molar refractivity (Wildman–Crippen MR) is 135 cm³/mol. The fourth-order valence-electron chi connectivity index (χ4n) is 4.80. The molecule has 184 valence electrons. The van der Waals surface area contributed by atoms with Gasteiger partial charge in [-0.1, -0.05) is 19.1 Å². The van der Waals surface area contributed by atoms with E-state index in [9.17, 15) is 14.7 Å². The summed E-state index contributed by atoms with van der Waals surface area (Å²) in [5.74, 6) is -0.690. The van der Waals surface area contributed by atoms with E-state index >= 15 is 4.39 Å². The van der Waals surface area contributed by atoms with Crippen LogP contribution in [0.4, 0.5) is 10.1 Å². The normalized spacial score (nSPS) is 16.6. The fourth-order valence-corrected chi connectivity index (χ4v) is 4.80.